The fourth-order valence-electron chi connectivity index (χ4n) is 4.52. The number of ether oxygens (including phenoxy) is 2. The van der Waals surface area contributed by atoms with Gasteiger partial charge in [-0.15, -0.1) is 0 Å². The molecular weight excluding hydrogens is 439 g/mol. The van der Waals surface area contributed by atoms with Crippen molar-refractivity contribution < 1.29 is 32.2 Å². The summed E-state index contributed by atoms with van der Waals surface area (Å²) < 4.78 is 49.9. The lowest BCUT2D eigenvalue weighted by Crippen LogP contribution is -2.52. The van der Waals surface area contributed by atoms with Crippen LogP contribution in [0.4, 0.5) is 18.9 Å². The van der Waals surface area contributed by atoms with E-state index in [4.69, 9.17) is 9.47 Å². The average molecular weight is 461 g/mol. The molecule has 2 aromatic rings. The Balaban J connectivity index is 1.22. The van der Waals surface area contributed by atoms with E-state index in [1.54, 1.807) is 0 Å². The molecule has 7 nitrogen and oxygen atoms in total. The molecule has 0 radical (unpaired) electrons. The first kappa shape index (κ1) is 21.7. The number of carbonyl (C=O) groups is 2. The maximum absolute atomic E-state index is 13.1. The van der Waals surface area contributed by atoms with E-state index in [0.29, 0.717) is 26.2 Å². The second-order valence-corrected chi connectivity index (χ2v) is 8.34. The summed E-state index contributed by atoms with van der Waals surface area (Å²) >= 11 is 0. The number of anilines is 1. The van der Waals surface area contributed by atoms with E-state index in [2.05, 4.69) is 4.90 Å². The minimum Gasteiger partial charge on any atom is -0.454 e. The number of nitrogens with zero attached hydrogens (tertiary/aromatic N) is 3. The number of piperazine rings is 1. The molecule has 2 aromatic carbocycles. The molecular formula is C23H22F3N3O4. The summed E-state index contributed by atoms with van der Waals surface area (Å²) in [7, 11) is 0. The SMILES string of the molecule is O=C1C[C@H](N2CCN(Cc3ccc4c(c3)OCO4)CC2)C(=O)N1c1cccc(C(F)(F)F)c1. The lowest BCUT2D eigenvalue weighted by Gasteiger charge is -2.37. The first-order valence-corrected chi connectivity index (χ1v) is 10.7. The zero-order valence-corrected chi connectivity index (χ0v) is 17.7. The van der Waals surface area contributed by atoms with E-state index >= 15 is 0 Å². The van der Waals surface area contributed by atoms with Crippen LogP contribution in [0.25, 0.3) is 0 Å². The van der Waals surface area contributed by atoms with Crippen LogP contribution in [0.1, 0.15) is 17.5 Å². The van der Waals surface area contributed by atoms with Crippen LogP contribution in [0.2, 0.25) is 0 Å². The highest BCUT2D eigenvalue weighted by Crippen LogP contribution is 2.34. The fraction of sp³-hybridized carbons (Fsp3) is 0.391. The Labute approximate surface area is 188 Å². The monoisotopic (exact) mass is 461 g/mol. The Morgan fingerprint density at radius 3 is 2.45 bits per heavy atom. The molecule has 5 rings (SSSR count). The third kappa shape index (κ3) is 4.28. The molecule has 0 aromatic heterocycles. The molecule has 0 N–H and O–H groups in total. The lowest BCUT2D eigenvalue weighted by atomic mass is 10.1. The van der Waals surface area contributed by atoms with E-state index in [1.165, 1.54) is 12.1 Å². The molecule has 0 unspecified atom stereocenters. The summed E-state index contributed by atoms with van der Waals surface area (Å²) in [6.07, 6.45) is -4.58. The van der Waals surface area contributed by atoms with Crippen molar-refractivity contribution in [1.82, 2.24) is 9.80 Å². The normalized spacial score (nSPS) is 21.8. The summed E-state index contributed by atoms with van der Waals surface area (Å²) in [6, 6.07) is 9.52. The van der Waals surface area contributed by atoms with Crippen molar-refractivity contribution in [2.24, 2.45) is 0 Å². The number of alkyl halides is 3. The standard InChI is InChI=1S/C23H22F3N3O4/c24-23(25,26)16-2-1-3-17(11-16)29-21(30)12-18(22(29)31)28-8-6-27(7-9-28)13-15-4-5-19-20(10-15)33-14-32-19/h1-5,10-11,18H,6-9,12-14H2/t18-/m0/s1. The smallest absolute Gasteiger partial charge is 0.416 e. The summed E-state index contributed by atoms with van der Waals surface area (Å²) in [4.78, 5) is 30.6. The Morgan fingerprint density at radius 1 is 0.939 bits per heavy atom. The summed E-state index contributed by atoms with van der Waals surface area (Å²) in [5.41, 5.74) is 0.167. The van der Waals surface area contributed by atoms with Crippen LogP contribution in [0.3, 0.4) is 0 Å². The Morgan fingerprint density at radius 2 is 1.70 bits per heavy atom. The first-order chi connectivity index (χ1) is 15.8. The summed E-state index contributed by atoms with van der Waals surface area (Å²) in [5.74, 6) is 0.518. The number of hydrogen-bond donors (Lipinski definition) is 0. The number of carbonyl (C=O) groups excluding carboxylic acids is 2. The number of imide groups is 1. The van der Waals surface area contributed by atoms with Crippen molar-refractivity contribution in [2.75, 3.05) is 37.9 Å². The topological polar surface area (TPSA) is 62.3 Å². The second-order valence-electron chi connectivity index (χ2n) is 8.34. The Hall–Kier alpha value is -3.11. The van der Waals surface area contributed by atoms with Crippen LogP contribution < -0.4 is 14.4 Å². The molecule has 33 heavy (non-hydrogen) atoms. The third-order valence-corrected chi connectivity index (χ3v) is 6.25. The first-order valence-electron chi connectivity index (χ1n) is 10.7. The molecule has 174 valence electrons. The van der Waals surface area contributed by atoms with Gasteiger partial charge < -0.3 is 9.47 Å². The number of fused-ring (bicyclic) bond motifs is 1. The number of hydrogen-bond acceptors (Lipinski definition) is 6. The molecule has 10 heteroatoms. The van der Waals surface area contributed by atoms with Gasteiger partial charge >= 0.3 is 6.18 Å². The third-order valence-electron chi connectivity index (χ3n) is 6.25. The minimum absolute atomic E-state index is 0.0305. The molecule has 0 spiro atoms. The van der Waals surface area contributed by atoms with Crippen LogP contribution in [0, 0.1) is 0 Å². The molecule has 2 saturated heterocycles. The van der Waals surface area contributed by atoms with Crippen LogP contribution in [-0.4, -0.2) is 60.6 Å². The van der Waals surface area contributed by atoms with Gasteiger partial charge in [0.15, 0.2) is 11.5 Å². The molecule has 1 atom stereocenters. The zero-order valence-electron chi connectivity index (χ0n) is 17.7. The van der Waals surface area contributed by atoms with Gasteiger partial charge in [0, 0.05) is 32.7 Å². The van der Waals surface area contributed by atoms with E-state index in [-0.39, 0.29) is 18.9 Å². The number of rotatable bonds is 4. The van der Waals surface area contributed by atoms with Gasteiger partial charge in [0.1, 0.15) is 0 Å². The van der Waals surface area contributed by atoms with Crippen LogP contribution in [0.15, 0.2) is 42.5 Å². The van der Waals surface area contributed by atoms with Crippen LogP contribution >= 0.6 is 0 Å². The van der Waals surface area contributed by atoms with E-state index in [9.17, 15) is 22.8 Å². The molecule has 3 heterocycles. The quantitative estimate of drug-likeness (QED) is 0.653. The van der Waals surface area contributed by atoms with Crippen molar-refractivity contribution in [3.8, 4) is 11.5 Å². The van der Waals surface area contributed by atoms with Crippen LogP contribution in [0.5, 0.6) is 11.5 Å². The molecule has 3 aliphatic heterocycles. The Bertz CT molecular complexity index is 1080. The molecule has 2 fully saturated rings. The predicted molar refractivity (Wildman–Crippen MR) is 112 cm³/mol. The van der Waals surface area contributed by atoms with Crippen molar-refractivity contribution in [1.29, 1.82) is 0 Å². The second kappa shape index (κ2) is 8.35. The van der Waals surface area contributed by atoms with E-state index in [0.717, 1.165) is 40.6 Å². The van der Waals surface area contributed by atoms with Crippen molar-refractivity contribution in [2.45, 2.75) is 25.2 Å². The largest absolute Gasteiger partial charge is 0.454 e. The number of benzene rings is 2. The molecule has 0 aliphatic carbocycles. The van der Waals surface area contributed by atoms with Crippen molar-refractivity contribution in [3.63, 3.8) is 0 Å². The maximum Gasteiger partial charge on any atom is 0.416 e. The fourth-order valence-corrected chi connectivity index (χ4v) is 4.52. The lowest BCUT2D eigenvalue weighted by molar-refractivity contribution is -0.137. The summed E-state index contributed by atoms with van der Waals surface area (Å²) in [5, 5.41) is 0. The van der Waals surface area contributed by atoms with Gasteiger partial charge in [-0.2, -0.15) is 13.2 Å². The van der Waals surface area contributed by atoms with E-state index in [1.807, 2.05) is 23.1 Å². The number of halogens is 3. The van der Waals surface area contributed by atoms with Crippen molar-refractivity contribution >= 4 is 17.5 Å². The Kier molecular flexibility index (Phi) is 5.49. The van der Waals surface area contributed by atoms with Gasteiger partial charge in [-0.05, 0) is 35.9 Å². The van der Waals surface area contributed by atoms with Gasteiger partial charge in [0.2, 0.25) is 12.7 Å². The zero-order chi connectivity index (χ0) is 23.2. The van der Waals surface area contributed by atoms with Gasteiger partial charge in [0.25, 0.3) is 5.91 Å². The van der Waals surface area contributed by atoms with Gasteiger partial charge in [-0.25, -0.2) is 4.90 Å². The highest BCUT2D eigenvalue weighted by Gasteiger charge is 2.44. The van der Waals surface area contributed by atoms with E-state index < -0.39 is 29.6 Å². The van der Waals surface area contributed by atoms with Crippen LogP contribution in [-0.2, 0) is 22.3 Å². The predicted octanol–water partition coefficient (Wildman–Crippen LogP) is 2.88. The molecule has 0 saturated carbocycles. The average Bonchev–Trinajstić information content (AvgIpc) is 3.37. The van der Waals surface area contributed by atoms with Gasteiger partial charge in [0.05, 0.1) is 23.7 Å². The molecule has 0 bridgehead atoms. The highest BCUT2D eigenvalue weighted by atomic mass is 19.4. The number of amides is 2. The van der Waals surface area contributed by atoms with Gasteiger partial charge in [-0.3, -0.25) is 19.4 Å². The highest BCUT2D eigenvalue weighted by molar-refractivity contribution is 6.22. The summed E-state index contributed by atoms with van der Waals surface area (Å²) in [6.45, 7) is 3.53. The molecule has 3 aliphatic rings. The van der Waals surface area contributed by atoms with Gasteiger partial charge in [-0.1, -0.05) is 12.1 Å². The minimum atomic E-state index is -4.55. The molecule has 2 amide bonds. The van der Waals surface area contributed by atoms with Crippen molar-refractivity contribution in [3.05, 3.63) is 53.6 Å². The maximum atomic E-state index is 13.1.